The molecule has 2 aromatic heterocycles. The predicted molar refractivity (Wildman–Crippen MR) is 278 cm³/mol. The van der Waals surface area contributed by atoms with Gasteiger partial charge in [0.05, 0.1) is 41.6 Å². The normalized spacial score (nSPS) is 16.3. The highest BCUT2D eigenvalue weighted by Crippen LogP contribution is 2.42. The van der Waals surface area contributed by atoms with Gasteiger partial charge < -0.3 is 40.3 Å². The Bertz CT molecular complexity index is 3200. The van der Waals surface area contributed by atoms with Gasteiger partial charge in [0.2, 0.25) is 21.8 Å². The zero-order valence-electron chi connectivity index (χ0n) is 42.2. The number of hydrogen-bond donors (Lipinski definition) is 4. The van der Waals surface area contributed by atoms with E-state index in [9.17, 15) is 41.4 Å². The summed E-state index contributed by atoms with van der Waals surface area (Å²) in [5.74, 6) is -1.07. The molecule has 5 heterocycles. The summed E-state index contributed by atoms with van der Waals surface area (Å²) in [6.45, 7) is 11.9. The molecule has 75 heavy (non-hydrogen) atoms. The number of hydrogen-bond acceptors (Lipinski definition) is 15. The number of sulfonamides is 1. The molecular formula is C52H59F3N12O7S. The first-order chi connectivity index (χ1) is 35.8. The van der Waals surface area contributed by atoms with Gasteiger partial charge in [-0.05, 0) is 92.6 Å². The van der Waals surface area contributed by atoms with E-state index in [2.05, 4.69) is 40.2 Å². The molecule has 6 aromatic rings. The fraction of sp³-hybridized carbons (Fsp3) is 0.385. The zero-order chi connectivity index (χ0) is 53.3. The number of phenols is 2. The van der Waals surface area contributed by atoms with Gasteiger partial charge in [0, 0.05) is 82.9 Å². The fourth-order valence-electron chi connectivity index (χ4n) is 9.75. The maximum absolute atomic E-state index is 13.5. The number of ether oxygens (including phenoxy) is 1. The number of para-hydroxylation sites is 1. The Hall–Kier alpha value is -7.50. The molecule has 0 aliphatic carbocycles. The van der Waals surface area contributed by atoms with Crippen LogP contribution >= 0.6 is 0 Å². The minimum Gasteiger partial charge on any atom is -0.508 e. The summed E-state index contributed by atoms with van der Waals surface area (Å²) in [6.07, 6.45) is 0.257. The molecule has 1 unspecified atom stereocenters. The Morgan fingerprint density at radius 2 is 1.56 bits per heavy atom. The molecule has 0 spiro atoms. The molecule has 3 aliphatic rings. The van der Waals surface area contributed by atoms with E-state index >= 15 is 0 Å². The second-order valence-corrected chi connectivity index (χ2v) is 20.8. The summed E-state index contributed by atoms with van der Waals surface area (Å²) < 4.78 is 75.4. The van der Waals surface area contributed by atoms with Crippen molar-refractivity contribution < 1.29 is 46.1 Å². The van der Waals surface area contributed by atoms with Crippen LogP contribution in [0.4, 0.5) is 47.7 Å². The molecule has 3 aliphatic heterocycles. The molecule has 4 aromatic carbocycles. The Kier molecular flexibility index (Phi) is 14.9. The maximum atomic E-state index is 13.5. The third-order valence-corrected chi connectivity index (χ3v) is 14.9. The molecule has 0 saturated carbocycles. The van der Waals surface area contributed by atoms with Crippen LogP contribution in [0.15, 0.2) is 85.1 Å². The number of anilines is 6. The van der Waals surface area contributed by atoms with E-state index in [4.69, 9.17) is 4.74 Å². The number of aryl methyl sites for hydroxylation is 1. The number of nitrogens with zero attached hydrogens (tertiary/aromatic N) is 10. The SMILES string of the molecule is CCOc1cc(N2CCC(CN3CCN(Cc4ccc(-n5c(C(=O)NC(C)C(F)(F)F)nnc5-c5cc(CC)c(O)cc5O)cc4)CC3)CC2)ccc1Nc1ncc2c(n1)N(S(C)(=O)=O)c1ccccc1C(=O)N2C. The molecule has 19 nitrogen and oxygen atoms in total. The van der Waals surface area contributed by atoms with E-state index in [1.54, 1.807) is 43.4 Å². The standard InChI is InChI=1S/C52H59F3N12O7S/c1-6-35-26-39(44(69)28-43(35)68)46-60-61-48(49(70)57-32(3)52(53,54)55)66(46)36-14-12-33(13-15-36)30-63-22-24-64(25-23-63)31-34-18-20-65(21-19-34)37-16-17-40(45(27-37)74-7-2)58-51-56-29-42-47(59-51)67(75(5,72)73)41-11-9-8-10-38(41)50(71)62(42)4/h8-17,26-29,32,34,68-69H,6-7,18-25,30-31H2,1-5H3,(H,57,70)(H,56,58,59). The van der Waals surface area contributed by atoms with Gasteiger partial charge in [0.1, 0.15) is 29.0 Å². The third-order valence-electron chi connectivity index (χ3n) is 13.9. The van der Waals surface area contributed by atoms with Crippen LogP contribution in [0.1, 0.15) is 65.7 Å². The van der Waals surface area contributed by atoms with Gasteiger partial charge in [-0.3, -0.25) is 19.1 Å². The van der Waals surface area contributed by atoms with Crippen LogP contribution in [0.25, 0.3) is 17.1 Å². The first-order valence-corrected chi connectivity index (χ1v) is 26.6. The fourth-order valence-corrected chi connectivity index (χ4v) is 10.7. The second-order valence-electron chi connectivity index (χ2n) is 19.0. The van der Waals surface area contributed by atoms with Crippen molar-refractivity contribution in [2.75, 3.05) is 85.1 Å². The molecule has 0 bridgehead atoms. The Morgan fingerprint density at radius 3 is 2.24 bits per heavy atom. The summed E-state index contributed by atoms with van der Waals surface area (Å²) in [5.41, 5.74) is 4.29. The number of piperidine rings is 1. The number of carbonyl (C=O) groups is 2. The van der Waals surface area contributed by atoms with Crippen molar-refractivity contribution in [3.05, 3.63) is 108 Å². The number of halogens is 3. The van der Waals surface area contributed by atoms with Crippen LogP contribution in [0, 0.1) is 5.92 Å². The van der Waals surface area contributed by atoms with Crippen molar-refractivity contribution in [2.45, 2.75) is 58.8 Å². The lowest BCUT2D eigenvalue weighted by atomic mass is 9.95. The highest BCUT2D eigenvalue weighted by Gasteiger charge is 2.39. The quantitative estimate of drug-likeness (QED) is 0.0798. The zero-order valence-corrected chi connectivity index (χ0v) is 43.0. The molecule has 2 amide bonds. The highest BCUT2D eigenvalue weighted by molar-refractivity contribution is 7.92. The van der Waals surface area contributed by atoms with E-state index in [1.807, 2.05) is 49.5 Å². The minimum absolute atomic E-state index is 0.0178. The number of alkyl halides is 3. The van der Waals surface area contributed by atoms with Crippen LogP contribution in [0.3, 0.4) is 0 Å². The molecule has 0 radical (unpaired) electrons. The van der Waals surface area contributed by atoms with E-state index in [0.29, 0.717) is 48.2 Å². The van der Waals surface area contributed by atoms with Gasteiger partial charge in [-0.15, -0.1) is 10.2 Å². The summed E-state index contributed by atoms with van der Waals surface area (Å²) in [7, 11) is -2.38. The highest BCUT2D eigenvalue weighted by atomic mass is 32.2. The number of nitrogens with one attached hydrogen (secondary N) is 2. The largest absolute Gasteiger partial charge is 0.508 e. The lowest BCUT2D eigenvalue weighted by Crippen LogP contribution is -2.48. The summed E-state index contributed by atoms with van der Waals surface area (Å²) >= 11 is 0. The smallest absolute Gasteiger partial charge is 0.408 e. The summed E-state index contributed by atoms with van der Waals surface area (Å²) in [4.78, 5) is 44.4. The predicted octanol–water partition coefficient (Wildman–Crippen LogP) is 7.24. The minimum atomic E-state index is -4.69. The number of amides is 2. The van der Waals surface area contributed by atoms with E-state index < -0.39 is 34.0 Å². The van der Waals surface area contributed by atoms with Crippen molar-refractivity contribution in [2.24, 2.45) is 5.92 Å². The number of aromatic hydroxyl groups is 2. The van der Waals surface area contributed by atoms with E-state index in [-0.39, 0.29) is 57.5 Å². The molecule has 2 saturated heterocycles. The van der Waals surface area contributed by atoms with Gasteiger partial charge in [0.25, 0.3) is 11.8 Å². The molecule has 4 N–H and O–H groups in total. The molecule has 23 heteroatoms. The number of rotatable bonds is 15. The Morgan fingerprint density at radius 1 is 0.867 bits per heavy atom. The Labute approximate surface area is 432 Å². The van der Waals surface area contributed by atoms with Crippen molar-refractivity contribution in [1.82, 2.24) is 39.8 Å². The number of aromatic nitrogens is 5. The number of fused-ring (bicyclic) bond motifs is 2. The second kappa shape index (κ2) is 21.4. The van der Waals surface area contributed by atoms with Gasteiger partial charge in [-0.1, -0.05) is 31.2 Å². The van der Waals surface area contributed by atoms with Gasteiger partial charge in [0.15, 0.2) is 11.6 Å². The van der Waals surface area contributed by atoms with Gasteiger partial charge in [-0.25, -0.2) is 17.7 Å². The number of benzene rings is 4. The number of carbonyl (C=O) groups excluding carboxylic acids is 2. The first kappa shape index (κ1) is 52.4. The molecule has 396 valence electrons. The van der Waals surface area contributed by atoms with Crippen LogP contribution in [-0.2, 0) is 23.0 Å². The van der Waals surface area contributed by atoms with E-state index in [1.165, 1.54) is 21.7 Å². The van der Waals surface area contributed by atoms with Crippen LogP contribution in [0.5, 0.6) is 17.2 Å². The van der Waals surface area contributed by atoms with E-state index in [0.717, 1.165) is 93.5 Å². The van der Waals surface area contributed by atoms with Gasteiger partial charge in [-0.2, -0.15) is 18.2 Å². The van der Waals surface area contributed by atoms with Crippen molar-refractivity contribution in [3.8, 4) is 34.3 Å². The third kappa shape index (κ3) is 11.2. The molecule has 2 fully saturated rings. The van der Waals surface area contributed by atoms with Crippen LogP contribution in [0.2, 0.25) is 0 Å². The number of phenolic OH excluding ortho intramolecular Hbond substituents is 2. The van der Waals surface area contributed by atoms with Crippen LogP contribution < -0.4 is 29.5 Å². The average molecular weight is 1050 g/mol. The van der Waals surface area contributed by atoms with Gasteiger partial charge >= 0.3 is 6.18 Å². The lowest BCUT2D eigenvalue weighted by molar-refractivity contribution is -0.149. The number of piperazine rings is 1. The summed E-state index contributed by atoms with van der Waals surface area (Å²) in [5, 5.41) is 34.5. The average Bonchev–Trinajstić information content (AvgIpc) is 3.80. The molecular weight excluding hydrogens is 994 g/mol. The summed E-state index contributed by atoms with van der Waals surface area (Å²) in [6, 6.07) is 20.2. The Balaban J connectivity index is 0.805. The first-order valence-electron chi connectivity index (χ1n) is 24.8. The van der Waals surface area contributed by atoms with Crippen molar-refractivity contribution in [1.29, 1.82) is 0 Å². The molecule has 1 atom stereocenters. The van der Waals surface area contributed by atoms with Crippen LogP contribution in [-0.4, -0.2) is 143 Å². The molecule has 9 rings (SSSR count). The monoisotopic (exact) mass is 1050 g/mol. The van der Waals surface area contributed by atoms with Crippen molar-refractivity contribution in [3.63, 3.8) is 0 Å². The lowest BCUT2D eigenvalue weighted by Gasteiger charge is -2.39. The van der Waals surface area contributed by atoms with Crippen molar-refractivity contribution >= 4 is 56.4 Å². The maximum Gasteiger partial charge on any atom is 0.408 e. The topological polar surface area (TPSA) is 215 Å².